The molecular weight excluding hydrogens is 250 g/mol. The highest BCUT2D eigenvalue weighted by molar-refractivity contribution is 5.85. The Labute approximate surface area is 115 Å². The molecule has 0 heterocycles. The molecular formula is C14H24ClNO2. The molecule has 18 heavy (non-hydrogen) atoms. The van der Waals surface area contributed by atoms with Crippen molar-refractivity contribution in [2.75, 3.05) is 0 Å². The Morgan fingerprint density at radius 2 is 1.67 bits per heavy atom. The fourth-order valence-electron chi connectivity index (χ4n) is 1.97. The minimum Gasteiger partial charge on any atom is -0.507 e. The van der Waals surface area contributed by atoms with Gasteiger partial charge in [-0.15, -0.1) is 12.4 Å². The molecule has 1 aromatic rings. The van der Waals surface area contributed by atoms with Crippen LogP contribution in [0.2, 0.25) is 0 Å². The quantitative estimate of drug-likeness (QED) is 0.790. The number of benzene rings is 1. The van der Waals surface area contributed by atoms with Crippen LogP contribution in [-0.2, 0) is 0 Å². The number of nitrogens with two attached hydrogens (primary N) is 1. The van der Waals surface area contributed by atoms with Crippen molar-refractivity contribution >= 4 is 12.4 Å². The number of rotatable bonds is 4. The molecule has 0 saturated heterocycles. The summed E-state index contributed by atoms with van der Waals surface area (Å²) in [6.45, 7) is 7.71. The molecule has 0 bridgehead atoms. The van der Waals surface area contributed by atoms with Crippen LogP contribution in [0, 0.1) is 19.8 Å². The van der Waals surface area contributed by atoms with Gasteiger partial charge in [0.25, 0.3) is 0 Å². The van der Waals surface area contributed by atoms with E-state index in [1.165, 1.54) is 0 Å². The largest absolute Gasteiger partial charge is 0.507 e. The van der Waals surface area contributed by atoms with E-state index in [-0.39, 0.29) is 18.3 Å². The van der Waals surface area contributed by atoms with Crippen molar-refractivity contribution in [3.63, 3.8) is 0 Å². The van der Waals surface area contributed by atoms with E-state index in [9.17, 15) is 10.2 Å². The Hall–Kier alpha value is -0.770. The number of phenols is 1. The van der Waals surface area contributed by atoms with Gasteiger partial charge in [0.1, 0.15) is 5.75 Å². The topological polar surface area (TPSA) is 66.5 Å². The molecule has 0 spiro atoms. The molecule has 3 atom stereocenters. The molecule has 0 amide bonds. The van der Waals surface area contributed by atoms with E-state index >= 15 is 0 Å². The maximum absolute atomic E-state index is 10.1. The lowest BCUT2D eigenvalue weighted by Crippen LogP contribution is -2.31. The highest BCUT2D eigenvalue weighted by Gasteiger charge is 2.22. The fraction of sp³-hybridized carbons (Fsp3) is 0.571. The minimum atomic E-state index is -0.552. The van der Waals surface area contributed by atoms with Gasteiger partial charge in [0.2, 0.25) is 0 Å². The normalized spacial score (nSPS) is 15.7. The summed E-state index contributed by atoms with van der Waals surface area (Å²) in [6, 6.07) is 3.29. The molecule has 0 aliphatic heterocycles. The third kappa shape index (κ3) is 3.61. The summed E-state index contributed by atoms with van der Waals surface area (Å²) in [4.78, 5) is 0. The van der Waals surface area contributed by atoms with Crippen LogP contribution < -0.4 is 5.73 Å². The van der Waals surface area contributed by atoms with E-state index in [1.54, 1.807) is 0 Å². The van der Waals surface area contributed by atoms with Crippen molar-refractivity contribution in [1.29, 1.82) is 0 Å². The van der Waals surface area contributed by atoms with Crippen LogP contribution in [0.25, 0.3) is 0 Å². The van der Waals surface area contributed by atoms with E-state index in [0.29, 0.717) is 5.75 Å². The molecule has 4 heteroatoms. The summed E-state index contributed by atoms with van der Waals surface area (Å²) in [6.07, 6.45) is 0.341. The Balaban J connectivity index is 0.00000289. The monoisotopic (exact) mass is 273 g/mol. The lowest BCUT2D eigenvalue weighted by molar-refractivity contribution is 0.0879. The second kappa shape index (κ2) is 6.98. The summed E-state index contributed by atoms with van der Waals surface area (Å²) < 4.78 is 0. The summed E-state index contributed by atoms with van der Waals surface area (Å²) in [5.41, 5.74) is 8.55. The van der Waals surface area contributed by atoms with Gasteiger partial charge < -0.3 is 15.9 Å². The van der Waals surface area contributed by atoms with Crippen LogP contribution in [0.5, 0.6) is 5.75 Å². The second-order valence-corrected chi connectivity index (χ2v) is 4.91. The molecule has 0 saturated carbocycles. The van der Waals surface area contributed by atoms with E-state index < -0.39 is 12.1 Å². The van der Waals surface area contributed by atoms with E-state index in [4.69, 9.17) is 5.73 Å². The van der Waals surface area contributed by atoms with Crippen LogP contribution in [0.1, 0.15) is 43.0 Å². The number of hydrogen-bond acceptors (Lipinski definition) is 3. The average molecular weight is 274 g/mol. The Morgan fingerprint density at radius 1 is 1.22 bits per heavy atom. The standard InChI is InChI=1S/C14H23NO2.ClH/c1-5-8(2)14(17)12(15)11-6-9(3)13(16)10(4)7-11;/h6-8,12,14,16-17H,5,15H2,1-4H3;1H/t8?,12-,14+;/m1./s1. The van der Waals surface area contributed by atoms with E-state index in [1.807, 2.05) is 39.8 Å². The first-order chi connectivity index (χ1) is 7.88. The summed E-state index contributed by atoms with van der Waals surface area (Å²) in [7, 11) is 0. The SMILES string of the molecule is CCC(C)[C@H](O)[C@H](N)c1cc(C)c(O)c(C)c1.Cl. The van der Waals surface area contributed by atoms with Gasteiger partial charge in [-0.2, -0.15) is 0 Å². The highest BCUT2D eigenvalue weighted by Crippen LogP contribution is 2.28. The first-order valence-electron chi connectivity index (χ1n) is 6.12. The van der Waals surface area contributed by atoms with Gasteiger partial charge in [0, 0.05) is 0 Å². The average Bonchev–Trinajstić information content (AvgIpc) is 2.32. The molecule has 1 aromatic carbocycles. The molecule has 0 aliphatic rings. The molecule has 3 nitrogen and oxygen atoms in total. The lowest BCUT2D eigenvalue weighted by atomic mass is 9.90. The van der Waals surface area contributed by atoms with Crippen molar-refractivity contribution in [2.24, 2.45) is 11.7 Å². The number of halogens is 1. The van der Waals surface area contributed by atoms with Crippen LogP contribution in [0.3, 0.4) is 0 Å². The minimum absolute atomic E-state index is 0. The smallest absolute Gasteiger partial charge is 0.121 e. The zero-order valence-corrected chi connectivity index (χ0v) is 12.3. The summed E-state index contributed by atoms with van der Waals surface area (Å²) in [5, 5.41) is 19.8. The Bertz CT molecular complexity index is 372. The number of phenolic OH excluding ortho intramolecular Hbond substituents is 1. The summed E-state index contributed by atoms with van der Waals surface area (Å²) in [5.74, 6) is 0.471. The van der Waals surface area contributed by atoms with Crippen LogP contribution in [0.15, 0.2) is 12.1 Å². The van der Waals surface area contributed by atoms with Gasteiger partial charge >= 0.3 is 0 Å². The molecule has 1 rings (SSSR count). The van der Waals surface area contributed by atoms with Gasteiger partial charge in [0.15, 0.2) is 0 Å². The van der Waals surface area contributed by atoms with Gasteiger partial charge in [-0.05, 0) is 36.5 Å². The van der Waals surface area contributed by atoms with Crippen molar-refractivity contribution in [3.8, 4) is 5.75 Å². The molecule has 0 fully saturated rings. The fourth-order valence-corrected chi connectivity index (χ4v) is 1.97. The number of aliphatic hydroxyl groups excluding tert-OH is 1. The number of aromatic hydroxyl groups is 1. The van der Waals surface area contributed by atoms with Crippen LogP contribution in [0.4, 0.5) is 0 Å². The first kappa shape index (κ1) is 17.2. The zero-order valence-electron chi connectivity index (χ0n) is 11.5. The lowest BCUT2D eigenvalue weighted by Gasteiger charge is -2.25. The first-order valence-corrected chi connectivity index (χ1v) is 6.12. The molecule has 4 N–H and O–H groups in total. The Morgan fingerprint density at radius 3 is 2.06 bits per heavy atom. The zero-order chi connectivity index (χ0) is 13.2. The molecule has 104 valence electrons. The second-order valence-electron chi connectivity index (χ2n) is 4.91. The van der Waals surface area contributed by atoms with E-state index in [0.717, 1.165) is 23.1 Å². The maximum Gasteiger partial charge on any atom is 0.121 e. The molecule has 0 radical (unpaired) electrons. The van der Waals surface area contributed by atoms with Gasteiger partial charge in [-0.1, -0.05) is 32.4 Å². The van der Waals surface area contributed by atoms with Gasteiger partial charge in [-0.25, -0.2) is 0 Å². The van der Waals surface area contributed by atoms with Crippen molar-refractivity contribution in [1.82, 2.24) is 0 Å². The third-order valence-electron chi connectivity index (χ3n) is 3.49. The van der Waals surface area contributed by atoms with Crippen LogP contribution in [-0.4, -0.2) is 16.3 Å². The molecule has 0 aromatic heterocycles. The third-order valence-corrected chi connectivity index (χ3v) is 3.49. The number of aryl methyl sites for hydroxylation is 2. The van der Waals surface area contributed by atoms with Crippen molar-refractivity contribution in [2.45, 2.75) is 46.3 Å². The van der Waals surface area contributed by atoms with Crippen molar-refractivity contribution < 1.29 is 10.2 Å². The predicted molar refractivity (Wildman–Crippen MR) is 77.2 cm³/mol. The van der Waals surface area contributed by atoms with Crippen molar-refractivity contribution in [3.05, 3.63) is 28.8 Å². The van der Waals surface area contributed by atoms with Gasteiger partial charge in [0.05, 0.1) is 12.1 Å². The predicted octanol–water partition coefficient (Wildman–Crippen LogP) is 2.84. The number of aliphatic hydroxyl groups is 1. The molecule has 1 unspecified atom stereocenters. The maximum atomic E-state index is 10.1. The number of hydrogen-bond donors (Lipinski definition) is 3. The Kier molecular flexibility index (Phi) is 6.68. The van der Waals surface area contributed by atoms with Crippen LogP contribution >= 0.6 is 12.4 Å². The highest BCUT2D eigenvalue weighted by atomic mass is 35.5. The molecule has 0 aliphatic carbocycles. The summed E-state index contributed by atoms with van der Waals surface area (Å²) >= 11 is 0. The van der Waals surface area contributed by atoms with Gasteiger partial charge in [-0.3, -0.25) is 0 Å². The van der Waals surface area contributed by atoms with E-state index in [2.05, 4.69) is 0 Å².